The second kappa shape index (κ2) is 5.96. The van der Waals surface area contributed by atoms with Crippen molar-refractivity contribution < 1.29 is 18.4 Å². The zero-order valence-corrected chi connectivity index (χ0v) is 12.1. The fourth-order valence-electron chi connectivity index (χ4n) is 2.47. The number of hydrogen-bond acceptors (Lipinski definition) is 6. The molecule has 116 valence electrons. The summed E-state index contributed by atoms with van der Waals surface area (Å²) in [4.78, 5) is 9.95. The van der Waals surface area contributed by atoms with Crippen molar-refractivity contribution in [3.05, 3.63) is 28.3 Å². The maximum Gasteiger partial charge on any atom is 0.291 e. The molecule has 1 aliphatic heterocycles. The van der Waals surface area contributed by atoms with Gasteiger partial charge >= 0.3 is 0 Å². The second-order valence-electron chi connectivity index (χ2n) is 5.01. The number of rotatable bonds is 5. The van der Waals surface area contributed by atoms with Gasteiger partial charge in [0.1, 0.15) is 0 Å². The summed E-state index contributed by atoms with van der Waals surface area (Å²) in [6.45, 7) is 0.569. The Morgan fingerprint density at radius 1 is 1.48 bits per heavy atom. The maximum absolute atomic E-state index is 12.5. The summed E-state index contributed by atoms with van der Waals surface area (Å²) in [5.74, 6) is 0.0811. The Balaban J connectivity index is 2.35. The van der Waals surface area contributed by atoms with Gasteiger partial charge in [-0.2, -0.15) is 4.31 Å². The monoisotopic (exact) mass is 315 g/mol. The van der Waals surface area contributed by atoms with Crippen LogP contribution in [0.4, 0.5) is 11.4 Å². The normalized spacial score (nSPS) is 19.8. The minimum Gasteiger partial charge on any atom is -0.399 e. The van der Waals surface area contributed by atoms with Gasteiger partial charge in [0.15, 0.2) is 4.90 Å². The Bertz CT molecular complexity index is 646. The molecule has 8 nitrogen and oxygen atoms in total. The van der Waals surface area contributed by atoms with Crippen molar-refractivity contribution in [1.82, 2.24) is 4.31 Å². The minimum atomic E-state index is -3.93. The van der Waals surface area contributed by atoms with Crippen LogP contribution in [0.3, 0.4) is 0 Å². The zero-order valence-electron chi connectivity index (χ0n) is 11.3. The van der Waals surface area contributed by atoms with Gasteiger partial charge in [-0.15, -0.1) is 0 Å². The van der Waals surface area contributed by atoms with E-state index in [2.05, 4.69) is 0 Å². The molecule has 1 aromatic carbocycles. The molecule has 0 aliphatic carbocycles. The molecule has 0 saturated carbocycles. The highest BCUT2D eigenvalue weighted by atomic mass is 32.2. The number of nitro benzene ring substituents is 1. The molecule has 1 saturated heterocycles. The zero-order chi connectivity index (χ0) is 15.6. The van der Waals surface area contributed by atoms with E-state index in [-0.39, 0.29) is 29.7 Å². The molecule has 1 atom stereocenters. The standard InChI is InChI=1S/C12H17N3O5S/c13-10-1-2-12(11(7-10)15(17)18)21(19,20)14-5-3-9(8-14)4-6-16/h1-2,7,9,16H,3-6,8,13H2. The summed E-state index contributed by atoms with van der Waals surface area (Å²) in [7, 11) is -3.93. The highest BCUT2D eigenvalue weighted by molar-refractivity contribution is 7.89. The molecule has 1 unspecified atom stereocenters. The Morgan fingerprint density at radius 2 is 2.19 bits per heavy atom. The third-order valence-electron chi connectivity index (χ3n) is 3.58. The fraction of sp³-hybridized carbons (Fsp3) is 0.500. The molecule has 1 aromatic rings. The van der Waals surface area contributed by atoms with Crippen LogP contribution in [0, 0.1) is 16.0 Å². The lowest BCUT2D eigenvalue weighted by Crippen LogP contribution is -2.29. The SMILES string of the molecule is Nc1ccc(S(=O)(=O)N2CCC(CCO)C2)c([N+](=O)[O-])c1. The highest BCUT2D eigenvalue weighted by Gasteiger charge is 2.36. The fourth-order valence-corrected chi connectivity index (χ4v) is 4.14. The van der Waals surface area contributed by atoms with Crippen LogP contribution in [0.25, 0.3) is 0 Å². The Kier molecular flexibility index (Phi) is 4.45. The molecule has 3 N–H and O–H groups in total. The van der Waals surface area contributed by atoms with Crippen molar-refractivity contribution in [3.8, 4) is 0 Å². The molecule has 1 aliphatic rings. The molecule has 1 fully saturated rings. The van der Waals surface area contributed by atoms with Crippen molar-refractivity contribution in [3.63, 3.8) is 0 Å². The lowest BCUT2D eigenvalue weighted by atomic mass is 10.1. The van der Waals surface area contributed by atoms with Gasteiger partial charge in [0.05, 0.1) is 4.92 Å². The van der Waals surface area contributed by atoms with Crippen molar-refractivity contribution in [1.29, 1.82) is 0 Å². The van der Waals surface area contributed by atoms with Crippen molar-refractivity contribution in [2.24, 2.45) is 5.92 Å². The van der Waals surface area contributed by atoms with Gasteiger partial charge in [-0.1, -0.05) is 0 Å². The van der Waals surface area contributed by atoms with Crippen LogP contribution in [-0.4, -0.2) is 42.4 Å². The quantitative estimate of drug-likeness (QED) is 0.464. The van der Waals surface area contributed by atoms with E-state index >= 15 is 0 Å². The summed E-state index contributed by atoms with van der Waals surface area (Å²) >= 11 is 0. The molecule has 21 heavy (non-hydrogen) atoms. The minimum absolute atomic E-state index is 0.000568. The molecular weight excluding hydrogens is 298 g/mol. The predicted octanol–water partition coefficient (Wildman–Crippen LogP) is 0.570. The average molecular weight is 315 g/mol. The summed E-state index contributed by atoms with van der Waals surface area (Å²) < 4.78 is 26.3. The summed E-state index contributed by atoms with van der Waals surface area (Å²) in [5.41, 5.74) is 5.11. The summed E-state index contributed by atoms with van der Waals surface area (Å²) in [5, 5.41) is 19.9. The molecular formula is C12H17N3O5S. The van der Waals surface area contributed by atoms with Gasteiger partial charge in [-0.3, -0.25) is 10.1 Å². The number of nitrogens with two attached hydrogens (primary N) is 1. The van der Waals surface area contributed by atoms with E-state index in [4.69, 9.17) is 10.8 Å². The number of nitro groups is 1. The number of benzene rings is 1. The number of hydrogen-bond donors (Lipinski definition) is 2. The lowest BCUT2D eigenvalue weighted by Gasteiger charge is -2.16. The number of anilines is 1. The Labute approximate surface area is 122 Å². The first-order valence-electron chi connectivity index (χ1n) is 6.51. The van der Waals surface area contributed by atoms with Crippen molar-refractivity contribution in [2.45, 2.75) is 17.7 Å². The summed E-state index contributed by atoms with van der Waals surface area (Å²) in [6, 6.07) is 3.55. The lowest BCUT2D eigenvalue weighted by molar-refractivity contribution is -0.387. The van der Waals surface area contributed by atoms with E-state index in [9.17, 15) is 18.5 Å². The Morgan fingerprint density at radius 3 is 2.81 bits per heavy atom. The van der Waals surface area contributed by atoms with Gasteiger partial charge < -0.3 is 10.8 Å². The third-order valence-corrected chi connectivity index (χ3v) is 5.50. The van der Waals surface area contributed by atoms with Crippen molar-refractivity contribution >= 4 is 21.4 Å². The molecule has 2 rings (SSSR count). The largest absolute Gasteiger partial charge is 0.399 e. The molecule has 1 heterocycles. The van der Waals surface area contributed by atoms with Gasteiger partial charge in [0.25, 0.3) is 5.69 Å². The molecule has 0 bridgehead atoms. The van der Waals surface area contributed by atoms with Crippen LogP contribution in [0.5, 0.6) is 0 Å². The number of aliphatic hydroxyl groups is 1. The first-order chi connectivity index (χ1) is 9.86. The Hall–Kier alpha value is -1.71. The van der Waals surface area contributed by atoms with Gasteiger partial charge in [0, 0.05) is 31.5 Å². The highest BCUT2D eigenvalue weighted by Crippen LogP contribution is 2.32. The third kappa shape index (κ3) is 3.14. The van der Waals surface area contributed by atoms with E-state index in [1.807, 2.05) is 0 Å². The van der Waals surface area contributed by atoms with Gasteiger partial charge in [-0.05, 0) is 30.9 Å². The molecule has 0 aromatic heterocycles. The first kappa shape index (κ1) is 15.7. The summed E-state index contributed by atoms with van der Waals surface area (Å²) in [6.07, 6.45) is 1.17. The average Bonchev–Trinajstić information content (AvgIpc) is 2.88. The number of sulfonamides is 1. The number of nitrogen functional groups attached to an aromatic ring is 1. The molecule has 9 heteroatoms. The van der Waals surface area contributed by atoms with E-state index in [1.165, 1.54) is 16.4 Å². The van der Waals surface area contributed by atoms with Crippen LogP contribution in [0.1, 0.15) is 12.8 Å². The topological polar surface area (TPSA) is 127 Å². The van der Waals surface area contributed by atoms with E-state index < -0.39 is 20.6 Å². The first-order valence-corrected chi connectivity index (χ1v) is 7.95. The number of nitrogens with zero attached hydrogens (tertiary/aromatic N) is 2. The molecule has 0 amide bonds. The number of aliphatic hydroxyl groups excluding tert-OH is 1. The van der Waals surface area contributed by atoms with Crippen LogP contribution in [0.2, 0.25) is 0 Å². The van der Waals surface area contributed by atoms with Crippen LogP contribution in [-0.2, 0) is 10.0 Å². The van der Waals surface area contributed by atoms with E-state index in [1.54, 1.807) is 0 Å². The molecule has 0 radical (unpaired) electrons. The smallest absolute Gasteiger partial charge is 0.291 e. The van der Waals surface area contributed by atoms with Crippen LogP contribution in [0.15, 0.2) is 23.1 Å². The van der Waals surface area contributed by atoms with Gasteiger partial charge in [-0.25, -0.2) is 8.42 Å². The maximum atomic E-state index is 12.5. The predicted molar refractivity (Wildman–Crippen MR) is 76.1 cm³/mol. The van der Waals surface area contributed by atoms with Crippen LogP contribution < -0.4 is 5.73 Å². The second-order valence-corrected chi connectivity index (χ2v) is 6.92. The van der Waals surface area contributed by atoms with Gasteiger partial charge in [0.2, 0.25) is 10.0 Å². The van der Waals surface area contributed by atoms with E-state index in [0.29, 0.717) is 19.4 Å². The molecule has 0 spiro atoms. The van der Waals surface area contributed by atoms with E-state index in [0.717, 1.165) is 6.07 Å². The van der Waals surface area contributed by atoms with Crippen molar-refractivity contribution in [2.75, 3.05) is 25.4 Å². The van der Waals surface area contributed by atoms with Crippen LogP contribution >= 0.6 is 0 Å².